The van der Waals surface area contributed by atoms with Crippen molar-refractivity contribution in [3.05, 3.63) is 65.4 Å². The number of alkyl halides is 3. The molecule has 2 amide bonds. The van der Waals surface area contributed by atoms with E-state index in [4.69, 9.17) is 0 Å². The van der Waals surface area contributed by atoms with Crippen LogP contribution in [0, 0.1) is 11.6 Å². The van der Waals surface area contributed by atoms with Crippen LogP contribution in [-0.4, -0.2) is 27.0 Å². The number of anilines is 1. The molecule has 11 heteroatoms. The smallest absolute Gasteiger partial charge is 0.359 e. The summed E-state index contributed by atoms with van der Waals surface area (Å²) in [5, 5.41) is 3.96. The Bertz CT molecular complexity index is 1120. The van der Waals surface area contributed by atoms with Crippen LogP contribution < -0.4 is 10.6 Å². The van der Waals surface area contributed by atoms with Crippen LogP contribution in [0.4, 0.5) is 27.6 Å². The molecule has 0 unspecified atom stereocenters. The Hall–Kier alpha value is -3.21. The predicted octanol–water partition coefficient (Wildman–Crippen LogP) is 2.76. The van der Waals surface area contributed by atoms with Gasteiger partial charge >= 0.3 is 18.0 Å². The number of rotatable bonds is 3. The van der Waals surface area contributed by atoms with Crippen molar-refractivity contribution in [2.75, 3.05) is 5.32 Å². The Kier molecular flexibility index (Phi) is 5.41. The van der Waals surface area contributed by atoms with Crippen molar-refractivity contribution in [2.24, 2.45) is 0 Å². The molecule has 0 spiro atoms. The van der Waals surface area contributed by atoms with Crippen molar-refractivity contribution in [1.82, 2.24) is 10.3 Å². The molecule has 0 aliphatic carbocycles. The van der Waals surface area contributed by atoms with Gasteiger partial charge in [0.15, 0.2) is 11.6 Å². The molecule has 0 saturated heterocycles. The van der Waals surface area contributed by atoms with E-state index in [2.05, 4.69) is 15.6 Å². The van der Waals surface area contributed by atoms with Crippen molar-refractivity contribution in [3.63, 3.8) is 0 Å². The van der Waals surface area contributed by atoms with Crippen LogP contribution >= 0.6 is 0 Å². The number of aromatic amines is 1. The number of hydrogen-bond donors (Lipinski definition) is 3. The molecule has 3 N–H and O–H groups in total. The van der Waals surface area contributed by atoms with E-state index in [9.17, 15) is 31.5 Å². The summed E-state index contributed by atoms with van der Waals surface area (Å²) in [7, 11) is 0.289. The summed E-state index contributed by atoms with van der Waals surface area (Å²) in [4.78, 5) is 27.2. The summed E-state index contributed by atoms with van der Waals surface area (Å²) in [5.41, 5.74) is -0.112. The fourth-order valence-corrected chi connectivity index (χ4v) is 3.45. The average Bonchev–Trinajstić information content (AvgIpc) is 3.02. The number of hydrogen-bond acceptors (Lipinski definition) is 2. The third-order valence-electron chi connectivity index (χ3n) is 4.54. The molecule has 5 nitrogen and oxygen atoms in total. The van der Waals surface area contributed by atoms with E-state index in [0.29, 0.717) is 5.56 Å². The van der Waals surface area contributed by atoms with Crippen molar-refractivity contribution in [2.45, 2.75) is 18.3 Å². The van der Waals surface area contributed by atoms with Crippen molar-refractivity contribution in [3.8, 4) is 0 Å². The largest absolute Gasteiger partial charge is 0.416 e. The lowest BCUT2D eigenvalue weighted by Gasteiger charge is -2.27. The second-order valence-electron chi connectivity index (χ2n) is 7.12. The third kappa shape index (κ3) is 4.35. The summed E-state index contributed by atoms with van der Waals surface area (Å²) in [6.45, 7) is 1.58. The van der Waals surface area contributed by atoms with Crippen LogP contribution in [-0.2, 0) is 20.9 Å². The molecule has 3 aromatic rings. The maximum absolute atomic E-state index is 13.5. The Morgan fingerprint density at radius 3 is 2.13 bits per heavy atom. The molecule has 30 heavy (non-hydrogen) atoms. The minimum absolute atomic E-state index is 0.0774. The fraction of sp³-hybridized carbons (Fsp3) is 0.158. The van der Waals surface area contributed by atoms with Gasteiger partial charge in [-0.25, -0.2) is 8.78 Å². The van der Waals surface area contributed by atoms with E-state index in [1.54, 1.807) is 6.92 Å². The first-order valence-corrected chi connectivity index (χ1v) is 9.66. The highest BCUT2D eigenvalue weighted by Crippen LogP contribution is 2.30. The van der Waals surface area contributed by atoms with Gasteiger partial charge in [-0.05, 0) is 30.7 Å². The van der Waals surface area contributed by atoms with Crippen LogP contribution in [0.5, 0.6) is 0 Å². The molecular formula is C19H16F5N3O2Si. The Labute approximate surface area is 170 Å². The van der Waals surface area contributed by atoms with Gasteiger partial charge in [0.1, 0.15) is 0 Å². The molecule has 3 rings (SSSR count). The lowest BCUT2D eigenvalue weighted by atomic mass is 10.0. The van der Waals surface area contributed by atoms with Crippen LogP contribution in [0.25, 0.3) is 10.9 Å². The summed E-state index contributed by atoms with van der Waals surface area (Å²) in [6.07, 6.45) is -3.20. The maximum atomic E-state index is 13.5. The van der Waals surface area contributed by atoms with Crippen LogP contribution in [0.3, 0.4) is 0 Å². The first-order chi connectivity index (χ1) is 13.9. The molecule has 2 aromatic carbocycles. The van der Waals surface area contributed by atoms with E-state index in [-0.39, 0.29) is 26.8 Å². The Morgan fingerprint density at radius 2 is 1.53 bits per heavy atom. The molecule has 1 aromatic heterocycles. The molecule has 1 heterocycles. The zero-order valence-corrected chi connectivity index (χ0v) is 17.7. The molecule has 0 aliphatic heterocycles. The highest BCUT2D eigenvalue weighted by molar-refractivity contribution is 6.41. The third-order valence-corrected chi connectivity index (χ3v) is 5.36. The SMILES string of the molecule is C[C@]([SiH3])(NC(=O)C(=O)Nc1c[nH]c2cc(F)c(F)cc12)c1ccc(C(F)(F)F)cc1. The van der Waals surface area contributed by atoms with E-state index < -0.39 is 40.4 Å². The topological polar surface area (TPSA) is 74.0 Å². The van der Waals surface area contributed by atoms with Crippen molar-refractivity contribution in [1.29, 1.82) is 0 Å². The van der Waals surface area contributed by atoms with Crippen LogP contribution in [0.2, 0.25) is 0 Å². The van der Waals surface area contributed by atoms with Gasteiger partial charge in [0.25, 0.3) is 0 Å². The molecular weight excluding hydrogens is 425 g/mol. The first kappa shape index (κ1) is 21.5. The number of carbonyl (C=O) groups excluding carboxylic acids is 2. The van der Waals surface area contributed by atoms with E-state index in [1.165, 1.54) is 18.3 Å². The van der Waals surface area contributed by atoms with Crippen molar-refractivity contribution < 1.29 is 31.5 Å². The minimum Gasteiger partial charge on any atom is -0.359 e. The van der Waals surface area contributed by atoms with Gasteiger partial charge in [-0.15, -0.1) is 0 Å². The van der Waals surface area contributed by atoms with Gasteiger partial charge in [0.2, 0.25) is 0 Å². The monoisotopic (exact) mass is 441 g/mol. The first-order valence-electron chi connectivity index (χ1n) is 8.66. The predicted molar refractivity (Wildman–Crippen MR) is 104 cm³/mol. The van der Waals surface area contributed by atoms with Gasteiger partial charge < -0.3 is 15.6 Å². The quantitative estimate of drug-likeness (QED) is 0.332. The second kappa shape index (κ2) is 7.56. The van der Waals surface area contributed by atoms with Gasteiger partial charge in [-0.1, -0.05) is 12.1 Å². The second-order valence-corrected chi connectivity index (χ2v) is 9.12. The summed E-state index contributed by atoms with van der Waals surface area (Å²) in [5.74, 6) is -4.27. The van der Waals surface area contributed by atoms with Gasteiger partial charge in [-0.3, -0.25) is 9.59 Å². The zero-order valence-electron chi connectivity index (χ0n) is 15.7. The molecule has 0 saturated carbocycles. The molecule has 158 valence electrons. The fourth-order valence-electron chi connectivity index (χ4n) is 2.89. The number of nitrogens with one attached hydrogen (secondary N) is 3. The summed E-state index contributed by atoms with van der Waals surface area (Å²) in [6, 6.07) is 6.08. The number of fused-ring (bicyclic) bond motifs is 1. The van der Waals surface area contributed by atoms with Crippen LogP contribution in [0.1, 0.15) is 18.1 Å². The van der Waals surface area contributed by atoms with E-state index in [0.717, 1.165) is 24.3 Å². The molecule has 0 bridgehead atoms. The van der Waals surface area contributed by atoms with Crippen molar-refractivity contribution >= 4 is 38.6 Å². The Balaban J connectivity index is 1.73. The summed E-state index contributed by atoms with van der Waals surface area (Å²) >= 11 is 0. The average molecular weight is 441 g/mol. The Morgan fingerprint density at radius 1 is 0.967 bits per heavy atom. The number of carbonyl (C=O) groups is 2. The number of aromatic nitrogens is 1. The van der Waals surface area contributed by atoms with Crippen LogP contribution in [0.15, 0.2) is 42.6 Å². The van der Waals surface area contributed by atoms with E-state index >= 15 is 0 Å². The minimum atomic E-state index is -4.48. The number of halogens is 5. The molecule has 0 aliphatic rings. The lowest BCUT2D eigenvalue weighted by Crippen LogP contribution is -2.48. The van der Waals surface area contributed by atoms with Gasteiger partial charge in [0, 0.05) is 33.1 Å². The molecule has 0 fully saturated rings. The number of benzene rings is 2. The lowest BCUT2D eigenvalue weighted by molar-refractivity contribution is -0.137. The highest BCUT2D eigenvalue weighted by atomic mass is 28.1. The van der Waals surface area contributed by atoms with E-state index in [1.807, 2.05) is 0 Å². The summed E-state index contributed by atoms with van der Waals surface area (Å²) < 4.78 is 64.9. The molecule has 0 radical (unpaired) electrons. The maximum Gasteiger partial charge on any atom is 0.416 e. The van der Waals surface area contributed by atoms with Gasteiger partial charge in [-0.2, -0.15) is 13.2 Å². The zero-order chi connectivity index (χ0) is 22.3. The number of H-pyrrole nitrogens is 1. The normalized spacial score (nSPS) is 13.8. The highest BCUT2D eigenvalue weighted by Gasteiger charge is 2.32. The number of amides is 2. The molecule has 1 atom stereocenters. The standard InChI is InChI=1S/C19H16F5N3O2Si/c1-18(30,9-2-4-10(5-3-9)19(22,23)24)27-17(29)16(28)26-15-8-25-14-7-13(21)12(20)6-11(14)15/h2-8,25H,1,30H3,(H,26,28)(H,27,29)/t18-/m1/s1. The van der Waals surface area contributed by atoms with Gasteiger partial charge in [0.05, 0.1) is 16.8 Å².